The molecule has 1 saturated heterocycles. The third-order valence-electron chi connectivity index (χ3n) is 7.42. The van der Waals surface area contributed by atoms with Gasteiger partial charge in [0.25, 0.3) is 5.82 Å². The second kappa shape index (κ2) is 10.6. The molecular formula is C28H30FN7OS. The molecule has 0 amide bonds. The van der Waals surface area contributed by atoms with E-state index in [2.05, 4.69) is 43.8 Å². The van der Waals surface area contributed by atoms with E-state index in [4.69, 9.17) is 11.6 Å². The maximum Gasteiger partial charge on any atom is 0.350 e. The summed E-state index contributed by atoms with van der Waals surface area (Å²) in [6.45, 7) is 15.1. The number of thiazole rings is 1. The minimum atomic E-state index is -0.350. The Kier molecular flexibility index (Phi) is 7.23. The highest BCUT2D eigenvalue weighted by Crippen LogP contribution is 2.37. The second-order valence-electron chi connectivity index (χ2n) is 9.64. The molecule has 0 spiro atoms. The Morgan fingerprint density at radius 2 is 1.82 bits per heavy atom. The minimum Gasteiger partial charge on any atom is -0.361 e. The largest absolute Gasteiger partial charge is 0.361 e. The number of nitrogens with zero attached hydrogens (tertiary/aromatic N) is 7. The van der Waals surface area contributed by atoms with Gasteiger partial charge in [-0.3, -0.25) is 9.47 Å². The topological polar surface area (TPSA) is 71.5 Å². The third-order valence-corrected chi connectivity index (χ3v) is 8.21. The predicted octanol–water partition coefficient (Wildman–Crippen LogP) is 5.25. The first-order chi connectivity index (χ1) is 18.3. The number of benzene rings is 1. The van der Waals surface area contributed by atoms with E-state index in [1.165, 1.54) is 16.7 Å². The maximum atomic E-state index is 13.8. The van der Waals surface area contributed by atoms with E-state index in [-0.39, 0.29) is 35.5 Å². The molecule has 1 aromatic carbocycles. The number of pyridine rings is 1. The van der Waals surface area contributed by atoms with Crippen LogP contribution in [0.25, 0.3) is 15.9 Å². The monoisotopic (exact) mass is 531 g/mol. The van der Waals surface area contributed by atoms with E-state index in [9.17, 15) is 9.18 Å². The van der Waals surface area contributed by atoms with E-state index in [0.717, 1.165) is 29.1 Å². The molecule has 3 atom stereocenters. The fourth-order valence-corrected chi connectivity index (χ4v) is 6.04. The molecule has 10 heteroatoms. The van der Waals surface area contributed by atoms with Crippen LogP contribution in [-0.4, -0.2) is 49.6 Å². The summed E-state index contributed by atoms with van der Waals surface area (Å²) in [7, 11) is 1.67. The van der Waals surface area contributed by atoms with Crippen molar-refractivity contribution >= 4 is 34.0 Å². The van der Waals surface area contributed by atoms with E-state index in [0.29, 0.717) is 29.9 Å². The lowest BCUT2D eigenvalue weighted by Crippen LogP contribution is -2.59. The van der Waals surface area contributed by atoms with Crippen LogP contribution < -0.4 is 10.6 Å². The van der Waals surface area contributed by atoms with Crippen LogP contribution >= 0.6 is 11.3 Å². The number of aromatic nitrogens is 4. The summed E-state index contributed by atoms with van der Waals surface area (Å²) in [6, 6.07) is 10.1. The van der Waals surface area contributed by atoms with E-state index in [1.807, 2.05) is 19.1 Å². The van der Waals surface area contributed by atoms with Gasteiger partial charge in [-0.25, -0.2) is 14.2 Å². The summed E-state index contributed by atoms with van der Waals surface area (Å²) in [6.07, 6.45) is 1.68. The summed E-state index contributed by atoms with van der Waals surface area (Å²) in [5.41, 5.74) is 2.82. The maximum absolute atomic E-state index is 13.8. The molecule has 0 saturated carbocycles. The highest BCUT2D eigenvalue weighted by atomic mass is 32.1. The van der Waals surface area contributed by atoms with Crippen LogP contribution in [0.3, 0.4) is 0 Å². The minimum absolute atomic E-state index is 0.0432. The number of aryl methyl sites for hydroxylation is 2. The van der Waals surface area contributed by atoms with Crippen molar-refractivity contribution in [1.82, 2.24) is 24.4 Å². The standard InChI is InChI=1S/C28H30FN7OS/c1-6-20-15-36(27-25-23(34(5)28(37)33-27)12-13-24(30-4)32-25)21(7-2)14-35(20)26(22-16-38-17(3)31-22)18-8-10-19(29)11-9-18/h8-13,16,20-21,26H,6-7,14-15H2,1-3,5H3/t20-,21+,26?/m1/s1. The molecule has 0 radical (unpaired) electrons. The molecule has 1 aliphatic heterocycles. The number of fused-ring (bicyclic) bond motifs is 1. The highest BCUT2D eigenvalue weighted by molar-refractivity contribution is 7.09. The zero-order chi connectivity index (χ0) is 27.0. The first kappa shape index (κ1) is 25.9. The van der Waals surface area contributed by atoms with Crippen LogP contribution in [0.5, 0.6) is 0 Å². The molecule has 0 bridgehead atoms. The smallest absolute Gasteiger partial charge is 0.350 e. The Morgan fingerprint density at radius 3 is 2.45 bits per heavy atom. The molecular weight excluding hydrogens is 501 g/mol. The van der Waals surface area contributed by atoms with Crippen LogP contribution in [0.2, 0.25) is 0 Å². The number of anilines is 1. The molecule has 0 N–H and O–H groups in total. The molecule has 5 rings (SSSR count). The molecule has 1 aliphatic rings. The number of hydrogen-bond donors (Lipinski definition) is 0. The summed E-state index contributed by atoms with van der Waals surface area (Å²) < 4.78 is 15.3. The van der Waals surface area contributed by atoms with Gasteiger partial charge in [0.2, 0.25) is 5.52 Å². The quantitative estimate of drug-likeness (QED) is 0.317. The normalized spacial score (nSPS) is 19.0. The molecule has 4 heterocycles. The molecule has 1 unspecified atom stereocenters. The Bertz CT molecular complexity index is 1560. The fourth-order valence-electron chi connectivity index (χ4n) is 5.40. The number of rotatable bonds is 6. The van der Waals surface area contributed by atoms with Gasteiger partial charge in [0, 0.05) is 37.6 Å². The van der Waals surface area contributed by atoms with E-state index in [1.54, 1.807) is 30.5 Å². The van der Waals surface area contributed by atoms with Crippen LogP contribution in [-0.2, 0) is 7.05 Å². The van der Waals surface area contributed by atoms with Crippen molar-refractivity contribution in [2.75, 3.05) is 18.0 Å². The first-order valence-corrected chi connectivity index (χ1v) is 13.7. The van der Waals surface area contributed by atoms with E-state index >= 15 is 0 Å². The van der Waals surface area contributed by atoms with Gasteiger partial charge < -0.3 is 9.74 Å². The van der Waals surface area contributed by atoms with Crippen LogP contribution in [0, 0.1) is 19.3 Å². The molecule has 196 valence electrons. The van der Waals surface area contributed by atoms with Gasteiger partial charge in [-0.2, -0.15) is 4.98 Å². The summed E-state index contributed by atoms with van der Waals surface area (Å²) >= 11 is 1.61. The zero-order valence-corrected chi connectivity index (χ0v) is 22.7. The molecule has 1 fully saturated rings. The van der Waals surface area contributed by atoms with Crippen LogP contribution in [0.4, 0.5) is 16.0 Å². The Balaban J connectivity index is 1.60. The third kappa shape index (κ3) is 4.68. The van der Waals surface area contributed by atoms with Crippen molar-refractivity contribution in [3.8, 4) is 0 Å². The van der Waals surface area contributed by atoms with Gasteiger partial charge in [0.05, 0.1) is 22.3 Å². The van der Waals surface area contributed by atoms with Crippen molar-refractivity contribution in [2.24, 2.45) is 7.05 Å². The Labute approximate surface area is 225 Å². The van der Waals surface area contributed by atoms with Crippen molar-refractivity contribution < 1.29 is 4.39 Å². The molecule has 0 aliphatic carbocycles. The van der Waals surface area contributed by atoms with E-state index < -0.39 is 0 Å². The van der Waals surface area contributed by atoms with Gasteiger partial charge in [-0.15, -0.1) is 16.3 Å². The molecule has 38 heavy (non-hydrogen) atoms. The van der Waals surface area contributed by atoms with Crippen LogP contribution in [0.1, 0.15) is 49.0 Å². The first-order valence-electron chi connectivity index (χ1n) is 12.8. The van der Waals surface area contributed by atoms with Gasteiger partial charge in [0.1, 0.15) is 5.82 Å². The molecule has 3 aromatic heterocycles. The lowest BCUT2D eigenvalue weighted by Gasteiger charge is -2.49. The summed E-state index contributed by atoms with van der Waals surface area (Å²) in [5, 5.41) is 3.08. The fraction of sp³-hybridized carbons (Fsp3) is 0.393. The lowest BCUT2D eigenvalue weighted by molar-refractivity contribution is 0.109. The van der Waals surface area contributed by atoms with Crippen molar-refractivity contribution in [1.29, 1.82) is 0 Å². The zero-order valence-electron chi connectivity index (χ0n) is 21.9. The predicted molar refractivity (Wildman–Crippen MR) is 148 cm³/mol. The van der Waals surface area contributed by atoms with Gasteiger partial charge >= 0.3 is 5.69 Å². The Hall–Kier alpha value is -3.68. The lowest BCUT2D eigenvalue weighted by atomic mass is 9.94. The van der Waals surface area contributed by atoms with Gasteiger partial charge in [-0.05, 0) is 49.6 Å². The average Bonchev–Trinajstić information content (AvgIpc) is 3.36. The average molecular weight is 532 g/mol. The van der Waals surface area contributed by atoms with Crippen molar-refractivity contribution in [2.45, 2.75) is 51.7 Å². The highest BCUT2D eigenvalue weighted by Gasteiger charge is 2.39. The summed E-state index contributed by atoms with van der Waals surface area (Å²) in [5.74, 6) is 0.537. The van der Waals surface area contributed by atoms with Crippen molar-refractivity contribution in [3.63, 3.8) is 0 Å². The summed E-state index contributed by atoms with van der Waals surface area (Å²) in [4.78, 5) is 34.9. The number of halogens is 1. The second-order valence-corrected chi connectivity index (χ2v) is 10.7. The molecule has 4 aromatic rings. The molecule has 8 nitrogen and oxygen atoms in total. The number of piperazine rings is 1. The number of hydrogen-bond acceptors (Lipinski definition) is 7. The van der Waals surface area contributed by atoms with Crippen LogP contribution in [0.15, 0.2) is 46.6 Å². The Morgan fingerprint density at radius 1 is 1.08 bits per heavy atom. The van der Waals surface area contributed by atoms with Gasteiger partial charge in [0.15, 0.2) is 5.82 Å². The van der Waals surface area contributed by atoms with Gasteiger partial charge in [-0.1, -0.05) is 32.6 Å². The van der Waals surface area contributed by atoms with Crippen molar-refractivity contribution in [3.05, 3.63) is 85.8 Å². The SMILES string of the molecule is [C-]#[N+]c1ccc2c(n1)c(N1C[C@@H](CC)N(C(c3ccc(F)cc3)c3csc(C)n3)C[C@@H]1CC)nc(=O)n2C.